The maximum Gasteiger partial charge on any atom is 0.308 e. The largest absolute Gasteiger partial charge is 0.466 e. The predicted octanol–water partition coefficient (Wildman–Crippen LogP) is 1.54. The van der Waals surface area contributed by atoms with Crippen LogP contribution in [-0.4, -0.2) is 24.3 Å². The van der Waals surface area contributed by atoms with Gasteiger partial charge in [-0.15, -0.1) is 0 Å². The molecule has 1 rings (SSSR count). The molecule has 0 heterocycles. The van der Waals surface area contributed by atoms with E-state index in [2.05, 4.69) is 12.1 Å². The fourth-order valence-electron chi connectivity index (χ4n) is 1.27. The zero-order valence-corrected chi connectivity index (χ0v) is 8.69. The van der Waals surface area contributed by atoms with Gasteiger partial charge in [-0.1, -0.05) is 30.3 Å². The number of rotatable bonds is 6. The van der Waals surface area contributed by atoms with Crippen LogP contribution in [0.25, 0.3) is 0 Å². The van der Waals surface area contributed by atoms with Gasteiger partial charge in [0.05, 0.1) is 19.6 Å². The Morgan fingerprint density at radius 2 is 2.00 bits per heavy atom. The van der Waals surface area contributed by atoms with Gasteiger partial charge in [0.1, 0.15) is 0 Å². The quantitative estimate of drug-likeness (QED) is 0.570. The van der Waals surface area contributed by atoms with Crippen molar-refractivity contribution in [3.05, 3.63) is 35.9 Å². The average Bonchev–Trinajstić information content (AvgIpc) is 2.26. The Labute approximate surface area is 89.7 Å². The molecule has 0 spiro atoms. The lowest BCUT2D eigenvalue weighted by Crippen LogP contribution is -2.08. The Hall–Kier alpha value is -1.35. The van der Waals surface area contributed by atoms with Crippen LogP contribution in [0.5, 0.6) is 0 Å². The van der Waals surface area contributed by atoms with Crippen LogP contribution in [0, 0.1) is 0 Å². The molecule has 0 fully saturated rings. The number of carbonyl (C=O) groups excluding carboxylic acids is 1. The summed E-state index contributed by atoms with van der Waals surface area (Å²) < 4.78 is 4.91. The van der Waals surface area contributed by atoms with E-state index in [-0.39, 0.29) is 19.0 Å². The topological polar surface area (TPSA) is 46.5 Å². The molecule has 0 aliphatic rings. The smallest absolute Gasteiger partial charge is 0.308 e. The van der Waals surface area contributed by atoms with Crippen LogP contribution >= 0.6 is 0 Å². The summed E-state index contributed by atoms with van der Waals surface area (Å²) in [5, 5.41) is 8.47. The highest BCUT2D eigenvalue weighted by Crippen LogP contribution is 2.02. The van der Waals surface area contributed by atoms with Crippen molar-refractivity contribution in [2.45, 2.75) is 19.3 Å². The SMILES string of the molecule is O=C(CCO)OCCCc1ccccc1. The van der Waals surface area contributed by atoms with Gasteiger partial charge in [0.25, 0.3) is 0 Å². The first kappa shape index (κ1) is 11.7. The van der Waals surface area contributed by atoms with Crippen molar-refractivity contribution in [1.29, 1.82) is 0 Å². The number of hydrogen-bond donors (Lipinski definition) is 1. The Morgan fingerprint density at radius 1 is 1.27 bits per heavy atom. The first-order valence-corrected chi connectivity index (χ1v) is 5.13. The van der Waals surface area contributed by atoms with E-state index in [1.165, 1.54) is 5.56 Å². The molecule has 0 aliphatic heterocycles. The van der Waals surface area contributed by atoms with Gasteiger partial charge < -0.3 is 9.84 Å². The van der Waals surface area contributed by atoms with Crippen molar-refractivity contribution >= 4 is 5.97 Å². The third kappa shape index (κ3) is 5.18. The van der Waals surface area contributed by atoms with Crippen LogP contribution in [-0.2, 0) is 16.0 Å². The van der Waals surface area contributed by atoms with E-state index in [4.69, 9.17) is 9.84 Å². The lowest BCUT2D eigenvalue weighted by molar-refractivity contribution is -0.144. The van der Waals surface area contributed by atoms with E-state index in [0.29, 0.717) is 6.61 Å². The van der Waals surface area contributed by atoms with Crippen molar-refractivity contribution in [1.82, 2.24) is 0 Å². The molecular weight excluding hydrogens is 192 g/mol. The number of aryl methyl sites for hydroxylation is 1. The van der Waals surface area contributed by atoms with Gasteiger partial charge in [-0.2, -0.15) is 0 Å². The molecular formula is C12H16O3. The normalized spacial score (nSPS) is 9.93. The molecule has 1 N–H and O–H groups in total. The van der Waals surface area contributed by atoms with Crippen LogP contribution < -0.4 is 0 Å². The Bertz CT molecular complexity index is 282. The molecule has 0 amide bonds. The van der Waals surface area contributed by atoms with E-state index < -0.39 is 0 Å². The second-order valence-electron chi connectivity index (χ2n) is 3.28. The third-order valence-electron chi connectivity index (χ3n) is 2.03. The molecule has 0 aliphatic carbocycles. The van der Waals surface area contributed by atoms with E-state index in [1.54, 1.807) is 0 Å². The summed E-state index contributed by atoms with van der Waals surface area (Å²) in [7, 11) is 0. The van der Waals surface area contributed by atoms with E-state index in [1.807, 2.05) is 18.2 Å². The second kappa shape index (κ2) is 7.01. The Morgan fingerprint density at radius 3 is 2.67 bits per heavy atom. The maximum atomic E-state index is 10.9. The summed E-state index contributed by atoms with van der Waals surface area (Å²) in [6.07, 6.45) is 1.82. The molecule has 0 atom stereocenters. The third-order valence-corrected chi connectivity index (χ3v) is 2.03. The van der Waals surface area contributed by atoms with Crippen molar-refractivity contribution < 1.29 is 14.6 Å². The highest BCUT2D eigenvalue weighted by atomic mass is 16.5. The summed E-state index contributed by atoms with van der Waals surface area (Å²) >= 11 is 0. The molecule has 1 aromatic rings. The van der Waals surface area contributed by atoms with Crippen molar-refractivity contribution in [3.63, 3.8) is 0 Å². The first-order valence-electron chi connectivity index (χ1n) is 5.13. The molecule has 1 aromatic carbocycles. The lowest BCUT2D eigenvalue weighted by atomic mass is 10.1. The number of aliphatic hydroxyl groups excluding tert-OH is 1. The van der Waals surface area contributed by atoms with E-state index in [0.717, 1.165) is 12.8 Å². The first-order chi connectivity index (χ1) is 7.33. The minimum atomic E-state index is -0.328. The number of ether oxygens (including phenoxy) is 1. The van der Waals surface area contributed by atoms with E-state index in [9.17, 15) is 4.79 Å². The molecule has 0 unspecified atom stereocenters. The maximum absolute atomic E-state index is 10.9. The molecule has 0 radical (unpaired) electrons. The molecule has 0 saturated carbocycles. The van der Waals surface area contributed by atoms with Crippen LogP contribution in [0.1, 0.15) is 18.4 Å². The zero-order valence-electron chi connectivity index (χ0n) is 8.69. The standard InChI is InChI=1S/C12H16O3/c13-9-8-12(14)15-10-4-7-11-5-2-1-3-6-11/h1-3,5-6,13H,4,7-10H2. The van der Waals surface area contributed by atoms with Crippen LogP contribution in [0.15, 0.2) is 30.3 Å². The molecule has 82 valence electrons. The van der Waals surface area contributed by atoms with E-state index >= 15 is 0 Å². The predicted molar refractivity (Wildman–Crippen MR) is 57.4 cm³/mol. The summed E-state index contributed by atoms with van der Waals surface area (Å²) in [5.74, 6) is -0.328. The van der Waals surface area contributed by atoms with Crippen molar-refractivity contribution in [2.75, 3.05) is 13.2 Å². The van der Waals surface area contributed by atoms with Gasteiger partial charge in [-0.25, -0.2) is 0 Å². The van der Waals surface area contributed by atoms with Crippen molar-refractivity contribution in [3.8, 4) is 0 Å². The van der Waals surface area contributed by atoms with Crippen LogP contribution in [0.2, 0.25) is 0 Å². The van der Waals surface area contributed by atoms with Gasteiger partial charge in [0, 0.05) is 0 Å². The highest BCUT2D eigenvalue weighted by Gasteiger charge is 2.00. The fourth-order valence-corrected chi connectivity index (χ4v) is 1.27. The lowest BCUT2D eigenvalue weighted by Gasteiger charge is -2.03. The van der Waals surface area contributed by atoms with Crippen LogP contribution in [0.3, 0.4) is 0 Å². The number of esters is 1. The van der Waals surface area contributed by atoms with Gasteiger partial charge >= 0.3 is 5.97 Å². The highest BCUT2D eigenvalue weighted by molar-refractivity contribution is 5.69. The number of carbonyl (C=O) groups is 1. The monoisotopic (exact) mass is 208 g/mol. The number of hydrogen-bond acceptors (Lipinski definition) is 3. The van der Waals surface area contributed by atoms with Gasteiger partial charge in [0.15, 0.2) is 0 Å². The Kier molecular flexibility index (Phi) is 5.48. The minimum Gasteiger partial charge on any atom is -0.466 e. The fraction of sp³-hybridized carbons (Fsp3) is 0.417. The molecule has 3 nitrogen and oxygen atoms in total. The van der Waals surface area contributed by atoms with Crippen LogP contribution in [0.4, 0.5) is 0 Å². The van der Waals surface area contributed by atoms with Gasteiger partial charge in [-0.3, -0.25) is 4.79 Å². The Balaban J connectivity index is 2.10. The number of benzene rings is 1. The summed E-state index contributed by atoms with van der Waals surface area (Å²) in [4.78, 5) is 10.9. The summed E-state index contributed by atoms with van der Waals surface area (Å²) in [6.45, 7) is 0.283. The minimum absolute atomic E-state index is 0.0886. The molecule has 0 aromatic heterocycles. The summed E-state index contributed by atoms with van der Waals surface area (Å²) in [6, 6.07) is 10.1. The average molecular weight is 208 g/mol. The number of aliphatic hydroxyl groups is 1. The molecule has 0 saturated heterocycles. The second-order valence-corrected chi connectivity index (χ2v) is 3.28. The summed E-state index contributed by atoms with van der Waals surface area (Å²) in [5.41, 5.74) is 1.25. The van der Waals surface area contributed by atoms with Crippen molar-refractivity contribution in [2.24, 2.45) is 0 Å². The zero-order chi connectivity index (χ0) is 10.9. The molecule has 3 heteroatoms. The molecule has 0 bridgehead atoms. The van der Waals surface area contributed by atoms with Gasteiger partial charge in [0.2, 0.25) is 0 Å². The van der Waals surface area contributed by atoms with Gasteiger partial charge in [-0.05, 0) is 18.4 Å². The molecule has 15 heavy (non-hydrogen) atoms.